The van der Waals surface area contributed by atoms with Crippen LogP contribution in [0, 0.1) is 17.8 Å². The van der Waals surface area contributed by atoms with Crippen molar-refractivity contribution in [2.45, 2.75) is 51.6 Å². The number of aliphatic hydroxyl groups excluding tert-OH is 1. The van der Waals surface area contributed by atoms with Gasteiger partial charge in [0.1, 0.15) is 5.75 Å². The summed E-state index contributed by atoms with van der Waals surface area (Å²) in [6.45, 7) is 7.81. The summed E-state index contributed by atoms with van der Waals surface area (Å²) in [6.07, 6.45) is 3.08. The molecule has 0 radical (unpaired) electrons. The second kappa shape index (κ2) is 6.83. The SMILES string of the molecule is C=C(C)C(O)Cc1cc(OC)cc(C2C3CCC(C)CC32)c1C(=O)O. The molecule has 136 valence electrons. The molecule has 25 heavy (non-hydrogen) atoms. The molecule has 0 amide bonds. The third-order valence-corrected chi connectivity index (χ3v) is 6.01. The van der Waals surface area contributed by atoms with Crippen LogP contribution in [0.3, 0.4) is 0 Å². The van der Waals surface area contributed by atoms with Crippen molar-refractivity contribution in [3.63, 3.8) is 0 Å². The Labute approximate surface area is 149 Å². The number of hydrogen-bond acceptors (Lipinski definition) is 3. The molecule has 0 saturated heterocycles. The van der Waals surface area contributed by atoms with Gasteiger partial charge in [-0.25, -0.2) is 4.79 Å². The summed E-state index contributed by atoms with van der Waals surface area (Å²) in [4.78, 5) is 12.1. The van der Waals surface area contributed by atoms with Crippen molar-refractivity contribution < 1.29 is 19.7 Å². The molecule has 1 aromatic carbocycles. The molecule has 0 aliphatic heterocycles. The van der Waals surface area contributed by atoms with Crippen molar-refractivity contribution in [2.24, 2.45) is 17.8 Å². The Kier molecular flexibility index (Phi) is 4.92. The Morgan fingerprint density at radius 3 is 2.64 bits per heavy atom. The molecule has 5 atom stereocenters. The minimum absolute atomic E-state index is 0.250. The van der Waals surface area contributed by atoms with Crippen molar-refractivity contribution >= 4 is 5.97 Å². The molecule has 4 nitrogen and oxygen atoms in total. The van der Waals surface area contributed by atoms with E-state index < -0.39 is 12.1 Å². The maximum absolute atomic E-state index is 12.1. The topological polar surface area (TPSA) is 66.8 Å². The van der Waals surface area contributed by atoms with Gasteiger partial charge in [0.05, 0.1) is 18.8 Å². The number of ether oxygens (including phenoxy) is 1. The standard InChI is InChI=1S/C21H28O4/c1-11(2)18(22)9-13-8-14(25-4)10-17(19(13)21(23)24)20-15-6-5-12(3)7-16(15)20/h8,10,12,15-16,18,20,22H,1,5-7,9H2,2-4H3,(H,23,24). The molecule has 5 unspecified atom stereocenters. The summed E-state index contributed by atoms with van der Waals surface area (Å²) in [5, 5.41) is 20.1. The third-order valence-electron chi connectivity index (χ3n) is 6.01. The maximum Gasteiger partial charge on any atom is 0.336 e. The first-order chi connectivity index (χ1) is 11.8. The first kappa shape index (κ1) is 18.0. The Balaban J connectivity index is 2.02. The van der Waals surface area contributed by atoms with Gasteiger partial charge in [0.25, 0.3) is 0 Å². The molecule has 0 spiro atoms. The number of carboxylic acid groups (broad SMARTS) is 1. The molecule has 2 saturated carbocycles. The van der Waals surface area contributed by atoms with Crippen LogP contribution in [0.15, 0.2) is 24.3 Å². The van der Waals surface area contributed by atoms with Gasteiger partial charge in [-0.2, -0.15) is 0 Å². The summed E-state index contributed by atoms with van der Waals surface area (Å²) >= 11 is 0. The van der Waals surface area contributed by atoms with Crippen LogP contribution in [0.5, 0.6) is 5.75 Å². The first-order valence-corrected chi connectivity index (χ1v) is 9.11. The molecule has 2 N–H and O–H groups in total. The van der Waals surface area contributed by atoms with Crippen LogP contribution < -0.4 is 4.74 Å². The smallest absolute Gasteiger partial charge is 0.336 e. The number of fused-ring (bicyclic) bond motifs is 1. The molecule has 4 heteroatoms. The van der Waals surface area contributed by atoms with Gasteiger partial charge in [0.15, 0.2) is 0 Å². The van der Waals surface area contributed by atoms with Crippen LogP contribution in [-0.2, 0) is 6.42 Å². The van der Waals surface area contributed by atoms with Gasteiger partial charge in [-0.05, 0) is 66.7 Å². The molecule has 3 rings (SSSR count). The van der Waals surface area contributed by atoms with Crippen molar-refractivity contribution in [3.05, 3.63) is 41.0 Å². The van der Waals surface area contributed by atoms with Crippen molar-refractivity contribution in [1.29, 1.82) is 0 Å². The third kappa shape index (κ3) is 3.45. The van der Waals surface area contributed by atoms with Gasteiger partial charge >= 0.3 is 5.97 Å². The summed E-state index contributed by atoms with van der Waals surface area (Å²) in [5.74, 6) is 1.97. The van der Waals surface area contributed by atoms with Crippen LogP contribution in [0.2, 0.25) is 0 Å². The Hall–Kier alpha value is -1.81. The minimum atomic E-state index is -0.918. The quantitative estimate of drug-likeness (QED) is 0.765. The van der Waals surface area contributed by atoms with E-state index in [4.69, 9.17) is 4.74 Å². The number of methoxy groups -OCH3 is 1. The second-order valence-corrected chi connectivity index (χ2v) is 7.89. The Morgan fingerprint density at radius 1 is 1.36 bits per heavy atom. The Morgan fingerprint density at radius 2 is 2.08 bits per heavy atom. The number of carboxylic acids is 1. The van der Waals surface area contributed by atoms with E-state index in [1.165, 1.54) is 19.3 Å². The number of aromatic carboxylic acids is 1. The highest BCUT2D eigenvalue weighted by Crippen LogP contribution is 2.63. The molecular weight excluding hydrogens is 316 g/mol. The predicted octanol–water partition coefficient (Wildman–Crippen LogP) is 4.02. The highest BCUT2D eigenvalue weighted by molar-refractivity contribution is 5.92. The molecule has 2 aliphatic rings. The van der Waals surface area contributed by atoms with E-state index in [-0.39, 0.29) is 6.42 Å². The number of hydrogen-bond donors (Lipinski definition) is 2. The van der Waals surface area contributed by atoms with Crippen LogP contribution in [0.4, 0.5) is 0 Å². The lowest BCUT2D eigenvalue weighted by molar-refractivity contribution is 0.0693. The van der Waals surface area contributed by atoms with Crippen molar-refractivity contribution in [3.8, 4) is 5.75 Å². The van der Waals surface area contributed by atoms with Gasteiger partial charge in [-0.1, -0.05) is 25.5 Å². The highest BCUT2D eigenvalue weighted by atomic mass is 16.5. The van der Waals surface area contributed by atoms with E-state index in [0.717, 1.165) is 11.5 Å². The van der Waals surface area contributed by atoms with Gasteiger partial charge in [0, 0.05) is 6.42 Å². The lowest BCUT2D eigenvalue weighted by Crippen LogP contribution is -2.16. The van der Waals surface area contributed by atoms with Crippen molar-refractivity contribution in [2.75, 3.05) is 7.11 Å². The van der Waals surface area contributed by atoms with Crippen LogP contribution in [0.1, 0.15) is 60.5 Å². The highest BCUT2D eigenvalue weighted by Gasteiger charge is 2.53. The molecule has 1 aromatic rings. The predicted molar refractivity (Wildman–Crippen MR) is 97.2 cm³/mol. The molecule has 0 bridgehead atoms. The summed E-state index contributed by atoms with van der Waals surface area (Å²) in [6, 6.07) is 3.64. The molecule has 2 fully saturated rings. The van der Waals surface area contributed by atoms with Crippen molar-refractivity contribution in [1.82, 2.24) is 0 Å². The maximum atomic E-state index is 12.1. The summed E-state index contributed by atoms with van der Waals surface area (Å²) in [5.41, 5.74) is 2.51. The zero-order valence-corrected chi connectivity index (χ0v) is 15.3. The normalized spacial score (nSPS) is 28.8. The van der Waals surface area contributed by atoms with E-state index in [9.17, 15) is 15.0 Å². The number of aliphatic hydroxyl groups is 1. The van der Waals surface area contributed by atoms with E-state index in [1.54, 1.807) is 20.1 Å². The summed E-state index contributed by atoms with van der Waals surface area (Å²) < 4.78 is 5.43. The minimum Gasteiger partial charge on any atom is -0.497 e. The van der Waals surface area contributed by atoms with E-state index in [2.05, 4.69) is 13.5 Å². The monoisotopic (exact) mass is 344 g/mol. The van der Waals surface area contributed by atoms with Crippen LogP contribution >= 0.6 is 0 Å². The molecule has 2 aliphatic carbocycles. The number of carbonyl (C=O) groups is 1. The fraction of sp³-hybridized carbons (Fsp3) is 0.571. The molecule has 0 aromatic heterocycles. The summed E-state index contributed by atoms with van der Waals surface area (Å²) in [7, 11) is 1.60. The fourth-order valence-electron chi connectivity index (χ4n) is 4.56. The van der Waals surface area contributed by atoms with Gasteiger partial charge in [-0.3, -0.25) is 0 Å². The van der Waals surface area contributed by atoms with E-state index in [1.807, 2.05) is 6.07 Å². The van der Waals surface area contributed by atoms with Gasteiger partial charge in [0.2, 0.25) is 0 Å². The van der Waals surface area contributed by atoms with E-state index >= 15 is 0 Å². The largest absolute Gasteiger partial charge is 0.497 e. The first-order valence-electron chi connectivity index (χ1n) is 9.11. The van der Waals surface area contributed by atoms with Gasteiger partial charge in [-0.15, -0.1) is 0 Å². The molecule has 0 heterocycles. The Bertz CT molecular complexity index is 693. The number of rotatable bonds is 6. The fourth-order valence-corrected chi connectivity index (χ4v) is 4.56. The lowest BCUT2D eigenvalue weighted by Gasteiger charge is -2.17. The second-order valence-electron chi connectivity index (χ2n) is 7.89. The molecular formula is C21H28O4. The average molecular weight is 344 g/mol. The lowest BCUT2D eigenvalue weighted by atomic mass is 9.91. The van der Waals surface area contributed by atoms with Gasteiger partial charge < -0.3 is 14.9 Å². The zero-order valence-electron chi connectivity index (χ0n) is 15.3. The average Bonchev–Trinajstić information content (AvgIpc) is 3.26. The zero-order chi connectivity index (χ0) is 18.3. The van der Waals surface area contributed by atoms with Crippen LogP contribution in [0.25, 0.3) is 0 Å². The van der Waals surface area contributed by atoms with Crippen LogP contribution in [-0.4, -0.2) is 29.4 Å². The van der Waals surface area contributed by atoms with E-state index in [0.29, 0.717) is 40.2 Å². The number of benzene rings is 1.